The molecular formula is C20H19N3O3. The van der Waals surface area contributed by atoms with Gasteiger partial charge in [0, 0.05) is 12.4 Å². The van der Waals surface area contributed by atoms with Gasteiger partial charge in [0.1, 0.15) is 5.65 Å². The van der Waals surface area contributed by atoms with E-state index >= 15 is 0 Å². The molecule has 4 rings (SSSR count). The van der Waals surface area contributed by atoms with Crippen molar-refractivity contribution in [2.75, 3.05) is 0 Å². The Hall–Kier alpha value is -3.15. The van der Waals surface area contributed by atoms with Gasteiger partial charge in [-0.15, -0.1) is 0 Å². The maximum absolute atomic E-state index is 13.0. The maximum Gasteiger partial charge on any atom is 0.304 e. The van der Waals surface area contributed by atoms with Crippen molar-refractivity contribution in [3.05, 3.63) is 71.7 Å². The first-order chi connectivity index (χ1) is 12.6. The van der Waals surface area contributed by atoms with Gasteiger partial charge in [0.15, 0.2) is 0 Å². The van der Waals surface area contributed by atoms with Crippen LogP contribution in [-0.4, -0.2) is 26.4 Å². The third-order valence-electron chi connectivity index (χ3n) is 4.99. The molecule has 2 aromatic heterocycles. The van der Waals surface area contributed by atoms with Gasteiger partial charge in [0.05, 0.1) is 24.1 Å². The SMILES string of the molecule is O=C(O)CC1(C(=O)NCc2cn3ccccc3n2)Cc2ccccc2C1. The van der Waals surface area contributed by atoms with Crippen LogP contribution in [0.2, 0.25) is 0 Å². The summed E-state index contributed by atoms with van der Waals surface area (Å²) in [5.74, 6) is -1.19. The monoisotopic (exact) mass is 349 g/mol. The van der Waals surface area contributed by atoms with Crippen LogP contribution in [0.5, 0.6) is 0 Å². The highest BCUT2D eigenvalue weighted by Gasteiger charge is 2.45. The standard InChI is InChI=1S/C20H19N3O3/c24-18(25)11-20(9-14-5-1-2-6-15(14)10-20)19(26)21-12-16-13-23-8-4-3-7-17(23)22-16/h1-8,13H,9-12H2,(H,21,26)(H,24,25). The summed E-state index contributed by atoms with van der Waals surface area (Å²) in [4.78, 5) is 28.8. The van der Waals surface area contributed by atoms with E-state index in [0.29, 0.717) is 12.8 Å². The van der Waals surface area contributed by atoms with Crippen molar-refractivity contribution in [1.29, 1.82) is 0 Å². The number of carbonyl (C=O) groups excluding carboxylic acids is 1. The van der Waals surface area contributed by atoms with E-state index in [0.717, 1.165) is 22.5 Å². The van der Waals surface area contributed by atoms with E-state index in [9.17, 15) is 14.7 Å². The van der Waals surface area contributed by atoms with Gasteiger partial charge in [-0.05, 0) is 36.1 Å². The Kier molecular flexibility index (Phi) is 3.95. The summed E-state index contributed by atoms with van der Waals surface area (Å²) < 4.78 is 1.89. The molecule has 2 N–H and O–H groups in total. The number of aromatic nitrogens is 2. The zero-order chi connectivity index (χ0) is 18.1. The molecule has 1 aliphatic carbocycles. The minimum Gasteiger partial charge on any atom is -0.481 e. The summed E-state index contributed by atoms with van der Waals surface area (Å²) in [6, 6.07) is 13.5. The molecule has 6 heteroatoms. The Morgan fingerprint density at radius 2 is 1.81 bits per heavy atom. The molecule has 0 atom stereocenters. The number of pyridine rings is 1. The lowest BCUT2D eigenvalue weighted by molar-refractivity contribution is -0.145. The minimum atomic E-state index is -0.958. The van der Waals surface area contributed by atoms with Gasteiger partial charge in [-0.3, -0.25) is 9.59 Å². The van der Waals surface area contributed by atoms with E-state index in [-0.39, 0.29) is 18.9 Å². The third-order valence-corrected chi connectivity index (χ3v) is 4.99. The molecule has 0 saturated carbocycles. The molecule has 0 spiro atoms. The molecule has 132 valence electrons. The van der Waals surface area contributed by atoms with Crippen LogP contribution in [0.15, 0.2) is 54.9 Å². The van der Waals surface area contributed by atoms with Crippen molar-refractivity contribution in [2.24, 2.45) is 5.41 Å². The highest BCUT2D eigenvalue weighted by atomic mass is 16.4. The van der Waals surface area contributed by atoms with E-state index in [4.69, 9.17) is 0 Å². The normalized spacial score (nSPS) is 14.9. The Bertz CT molecular complexity index is 935. The first kappa shape index (κ1) is 16.3. The number of carboxylic acids is 1. The zero-order valence-electron chi connectivity index (χ0n) is 14.2. The van der Waals surface area contributed by atoms with Gasteiger partial charge < -0.3 is 14.8 Å². The van der Waals surface area contributed by atoms with Crippen LogP contribution in [-0.2, 0) is 29.0 Å². The van der Waals surface area contributed by atoms with Crippen LogP contribution in [0.25, 0.3) is 5.65 Å². The number of amides is 1. The lowest BCUT2D eigenvalue weighted by Crippen LogP contribution is -2.43. The molecule has 0 fully saturated rings. The van der Waals surface area contributed by atoms with Crippen molar-refractivity contribution in [3.63, 3.8) is 0 Å². The Balaban J connectivity index is 1.53. The fourth-order valence-electron chi connectivity index (χ4n) is 3.78. The van der Waals surface area contributed by atoms with E-state index < -0.39 is 11.4 Å². The van der Waals surface area contributed by atoms with Gasteiger partial charge in [-0.2, -0.15) is 0 Å². The lowest BCUT2D eigenvalue weighted by Gasteiger charge is -2.25. The summed E-state index contributed by atoms with van der Waals surface area (Å²) in [5, 5.41) is 12.3. The third kappa shape index (κ3) is 2.94. The number of nitrogens with one attached hydrogen (secondary N) is 1. The molecule has 0 bridgehead atoms. The Labute approximate surface area is 150 Å². The van der Waals surface area contributed by atoms with Crippen LogP contribution < -0.4 is 5.32 Å². The molecule has 3 aromatic rings. The predicted octanol–water partition coefficient (Wildman–Crippen LogP) is 2.21. The molecule has 0 unspecified atom stereocenters. The average molecular weight is 349 g/mol. The molecule has 1 aliphatic rings. The lowest BCUT2D eigenvalue weighted by atomic mass is 9.80. The smallest absolute Gasteiger partial charge is 0.304 e. The van der Waals surface area contributed by atoms with E-state index in [2.05, 4.69) is 10.3 Å². The Morgan fingerprint density at radius 1 is 1.12 bits per heavy atom. The van der Waals surface area contributed by atoms with Crippen molar-refractivity contribution in [1.82, 2.24) is 14.7 Å². The number of hydrogen-bond acceptors (Lipinski definition) is 3. The maximum atomic E-state index is 13.0. The van der Waals surface area contributed by atoms with Crippen molar-refractivity contribution in [3.8, 4) is 0 Å². The van der Waals surface area contributed by atoms with Crippen molar-refractivity contribution < 1.29 is 14.7 Å². The molecule has 2 heterocycles. The summed E-state index contributed by atoms with van der Waals surface area (Å²) in [5.41, 5.74) is 2.72. The van der Waals surface area contributed by atoms with Crippen LogP contribution >= 0.6 is 0 Å². The second kappa shape index (κ2) is 6.29. The van der Waals surface area contributed by atoms with Crippen molar-refractivity contribution in [2.45, 2.75) is 25.8 Å². The quantitative estimate of drug-likeness (QED) is 0.740. The zero-order valence-corrected chi connectivity index (χ0v) is 14.2. The van der Waals surface area contributed by atoms with E-state index in [1.807, 2.05) is 59.3 Å². The topological polar surface area (TPSA) is 83.7 Å². The number of nitrogens with zero attached hydrogens (tertiary/aromatic N) is 2. The van der Waals surface area contributed by atoms with Gasteiger partial charge in [-0.25, -0.2) is 4.98 Å². The van der Waals surface area contributed by atoms with Gasteiger partial charge in [-0.1, -0.05) is 30.3 Å². The second-order valence-corrected chi connectivity index (χ2v) is 6.85. The number of imidazole rings is 1. The van der Waals surface area contributed by atoms with Crippen LogP contribution in [0, 0.1) is 5.41 Å². The van der Waals surface area contributed by atoms with E-state index in [1.54, 1.807) is 0 Å². The van der Waals surface area contributed by atoms with Gasteiger partial charge in [0.2, 0.25) is 5.91 Å². The first-order valence-corrected chi connectivity index (χ1v) is 8.55. The molecule has 0 aliphatic heterocycles. The van der Waals surface area contributed by atoms with E-state index in [1.165, 1.54) is 0 Å². The largest absolute Gasteiger partial charge is 0.481 e. The summed E-state index contributed by atoms with van der Waals surface area (Å²) in [6.07, 6.45) is 4.48. The number of aliphatic carboxylic acids is 1. The molecule has 1 amide bonds. The highest BCUT2D eigenvalue weighted by molar-refractivity contribution is 5.88. The van der Waals surface area contributed by atoms with Gasteiger partial charge >= 0.3 is 5.97 Å². The summed E-state index contributed by atoms with van der Waals surface area (Å²) >= 11 is 0. The molecule has 26 heavy (non-hydrogen) atoms. The van der Waals surface area contributed by atoms with Gasteiger partial charge in [0.25, 0.3) is 0 Å². The molecule has 0 radical (unpaired) electrons. The first-order valence-electron chi connectivity index (χ1n) is 8.55. The van der Waals surface area contributed by atoms with Crippen LogP contribution in [0.1, 0.15) is 23.2 Å². The summed E-state index contributed by atoms with van der Waals surface area (Å²) in [7, 11) is 0. The number of fused-ring (bicyclic) bond motifs is 2. The number of carbonyl (C=O) groups is 2. The predicted molar refractivity (Wildman–Crippen MR) is 95.6 cm³/mol. The summed E-state index contributed by atoms with van der Waals surface area (Å²) in [6.45, 7) is 0.276. The number of hydrogen-bond donors (Lipinski definition) is 2. The number of rotatable bonds is 5. The number of benzene rings is 1. The Morgan fingerprint density at radius 3 is 2.46 bits per heavy atom. The molecule has 0 saturated heterocycles. The number of carboxylic acid groups (broad SMARTS) is 1. The van der Waals surface area contributed by atoms with Crippen LogP contribution in [0.4, 0.5) is 0 Å². The highest BCUT2D eigenvalue weighted by Crippen LogP contribution is 2.40. The fourth-order valence-corrected chi connectivity index (χ4v) is 3.78. The van der Waals surface area contributed by atoms with Crippen LogP contribution in [0.3, 0.4) is 0 Å². The fraction of sp³-hybridized carbons (Fsp3) is 0.250. The molecule has 6 nitrogen and oxygen atoms in total. The average Bonchev–Trinajstić information content (AvgIpc) is 3.19. The minimum absolute atomic E-state index is 0.182. The molecular weight excluding hydrogens is 330 g/mol. The molecule has 1 aromatic carbocycles. The van der Waals surface area contributed by atoms with Crippen molar-refractivity contribution >= 4 is 17.5 Å². The second-order valence-electron chi connectivity index (χ2n) is 6.85.